The van der Waals surface area contributed by atoms with Gasteiger partial charge in [0.15, 0.2) is 0 Å². The first-order valence-electron chi connectivity index (χ1n) is 11.1. The van der Waals surface area contributed by atoms with Crippen molar-refractivity contribution in [3.63, 3.8) is 0 Å². The van der Waals surface area contributed by atoms with Crippen LogP contribution >= 0.6 is 0 Å². The van der Waals surface area contributed by atoms with Gasteiger partial charge < -0.3 is 15.5 Å². The lowest BCUT2D eigenvalue weighted by Crippen LogP contribution is -2.50. The van der Waals surface area contributed by atoms with Gasteiger partial charge in [-0.25, -0.2) is 9.18 Å². The van der Waals surface area contributed by atoms with Gasteiger partial charge in [0.25, 0.3) is 0 Å². The van der Waals surface area contributed by atoms with E-state index in [-0.39, 0.29) is 35.8 Å². The van der Waals surface area contributed by atoms with Crippen LogP contribution in [0.1, 0.15) is 62.7 Å². The molecular formula is C25H32FN3O2. The summed E-state index contributed by atoms with van der Waals surface area (Å²) in [6, 6.07) is 15.7. The predicted octanol–water partition coefficient (Wildman–Crippen LogP) is 4.97. The molecule has 3 amide bonds. The van der Waals surface area contributed by atoms with Gasteiger partial charge in [0, 0.05) is 13.1 Å². The van der Waals surface area contributed by atoms with Crippen molar-refractivity contribution < 1.29 is 14.0 Å². The van der Waals surface area contributed by atoms with Crippen LogP contribution in [-0.4, -0.2) is 29.9 Å². The number of likely N-dealkylation sites (tertiary alicyclic amines) is 1. The Bertz CT molecular complexity index is 857. The Labute approximate surface area is 184 Å². The maximum Gasteiger partial charge on any atom is 0.317 e. The van der Waals surface area contributed by atoms with Gasteiger partial charge in [-0.05, 0) is 49.4 Å². The fourth-order valence-corrected chi connectivity index (χ4v) is 4.07. The number of nitrogens with one attached hydrogen (secondary N) is 2. The Balaban J connectivity index is 1.71. The number of hydrogen-bond acceptors (Lipinski definition) is 2. The number of amides is 3. The average molecular weight is 426 g/mol. The number of nitrogens with zero attached hydrogens (tertiary/aromatic N) is 1. The molecule has 2 aromatic carbocycles. The van der Waals surface area contributed by atoms with E-state index in [2.05, 4.69) is 17.6 Å². The lowest BCUT2D eigenvalue weighted by molar-refractivity contribution is -0.127. The minimum absolute atomic E-state index is 0.0414. The van der Waals surface area contributed by atoms with E-state index in [1.165, 1.54) is 12.1 Å². The van der Waals surface area contributed by atoms with Crippen molar-refractivity contribution in [1.82, 2.24) is 15.5 Å². The molecule has 0 bridgehead atoms. The van der Waals surface area contributed by atoms with Crippen molar-refractivity contribution in [2.75, 3.05) is 13.1 Å². The molecule has 5 nitrogen and oxygen atoms in total. The number of halogens is 1. The van der Waals surface area contributed by atoms with Crippen molar-refractivity contribution in [3.8, 4) is 0 Å². The van der Waals surface area contributed by atoms with Crippen LogP contribution in [0.4, 0.5) is 9.18 Å². The summed E-state index contributed by atoms with van der Waals surface area (Å²) in [5.74, 6) is -0.620. The van der Waals surface area contributed by atoms with Crippen LogP contribution < -0.4 is 10.6 Å². The fourth-order valence-electron chi connectivity index (χ4n) is 4.07. The molecule has 31 heavy (non-hydrogen) atoms. The van der Waals surface area contributed by atoms with Crippen LogP contribution in [-0.2, 0) is 4.79 Å². The Hall–Kier alpha value is -2.89. The molecular weight excluding hydrogens is 393 g/mol. The summed E-state index contributed by atoms with van der Waals surface area (Å²) in [5.41, 5.74) is 1.94. The van der Waals surface area contributed by atoms with Crippen LogP contribution in [0.2, 0.25) is 0 Å². The van der Waals surface area contributed by atoms with E-state index in [9.17, 15) is 14.0 Å². The van der Waals surface area contributed by atoms with Gasteiger partial charge in [-0.1, -0.05) is 55.8 Å². The number of hydrogen-bond donors (Lipinski definition) is 2. The molecule has 2 aromatic rings. The SMILES string of the molecule is CCCCNC(=O)N1C[C@H](C(=O)N[C@H](C)c2ccccc2)CC[C@H]1c1ccc(F)cc1. The average Bonchev–Trinajstić information content (AvgIpc) is 2.80. The van der Waals surface area contributed by atoms with Gasteiger partial charge in [-0.15, -0.1) is 0 Å². The molecule has 2 N–H and O–H groups in total. The van der Waals surface area contributed by atoms with Gasteiger partial charge >= 0.3 is 6.03 Å². The summed E-state index contributed by atoms with van der Waals surface area (Å²) < 4.78 is 13.4. The zero-order valence-corrected chi connectivity index (χ0v) is 18.3. The molecule has 166 valence electrons. The number of urea groups is 1. The lowest BCUT2D eigenvalue weighted by atomic mass is 9.88. The zero-order valence-electron chi connectivity index (χ0n) is 18.3. The molecule has 3 rings (SSSR count). The van der Waals surface area contributed by atoms with Crippen LogP contribution in [0.15, 0.2) is 54.6 Å². The van der Waals surface area contributed by atoms with Gasteiger partial charge in [-0.3, -0.25) is 4.79 Å². The van der Waals surface area contributed by atoms with Crippen molar-refractivity contribution in [1.29, 1.82) is 0 Å². The third-order valence-corrected chi connectivity index (χ3v) is 5.93. The maximum absolute atomic E-state index is 13.4. The molecule has 3 atom stereocenters. The number of benzene rings is 2. The second-order valence-electron chi connectivity index (χ2n) is 8.22. The molecule has 0 aromatic heterocycles. The summed E-state index contributed by atoms with van der Waals surface area (Å²) in [7, 11) is 0. The summed E-state index contributed by atoms with van der Waals surface area (Å²) >= 11 is 0. The minimum atomic E-state index is -0.300. The number of piperidine rings is 1. The van der Waals surface area contributed by atoms with Gasteiger partial charge in [0.2, 0.25) is 5.91 Å². The third kappa shape index (κ3) is 6.06. The second kappa shape index (κ2) is 10.9. The highest BCUT2D eigenvalue weighted by molar-refractivity contribution is 5.81. The number of carbonyl (C=O) groups is 2. The monoisotopic (exact) mass is 425 g/mol. The molecule has 1 aliphatic heterocycles. The Morgan fingerprint density at radius 3 is 2.48 bits per heavy atom. The van der Waals surface area contributed by atoms with E-state index in [1.807, 2.05) is 37.3 Å². The van der Waals surface area contributed by atoms with Crippen LogP contribution in [0, 0.1) is 11.7 Å². The van der Waals surface area contributed by atoms with Crippen molar-refractivity contribution in [2.24, 2.45) is 5.92 Å². The first kappa shape index (κ1) is 22.8. The maximum atomic E-state index is 13.4. The Kier molecular flexibility index (Phi) is 8.04. The topological polar surface area (TPSA) is 61.4 Å². The van der Waals surface area contributed by atoms with Crippen molar-refractivity contribution in [2.45, 2.75) is 51.6 Å². The van der Waals surface area contributed by atoms with E-state index < -0.39 is 0 Å². The van der Waals surface area contributed by atoms with Gasteiger partial charge in [-0.2, -0.15) is 0 Å². The van der Waals surface area contributed by atoms with E-state index >= 15 is 0 Å². The quantitative estimate of drug-likeness (QED) is 0.616. The highest BCUT2D eigenvalue weighted by atomic mass is 19.1. The van der Waals surface area contributed by atoms with E-state index in [4.69, 9.17) is 0 Å². The molecule has 0 aliphatic carbocycles. The fraction of sp³-hybridized carbons (Fsp3) is 0.440. The van der Waals surface area contributed by atoms with Crippen LogP contribution in [0.25, 0.3) is 0 Å². The summed E-state index contributed by atoms with van der Waals surface area (Å²) in [4.78, 5) is 27.7. The highest BCUT2D eigenvalue weighted by Crippen LogP contribution is 2.34. The Morgan fingerprint density at radius 1 is 1.10 bits per heavy atom. The summed E-state index contributed by atoms with van der Waals surface area (Å²) in [6.45, 7) is 4.98. The predicted molar refractivity (Wildman–Crippen MR) is 120 cm³/mol. The highest BCUT2D eigenvalue weighted by Gasteiger charge is 2.35. The molecule has 1 fully saturated rings. The standard InChI is InChI=1S/C25H32FN3O2/c1-3-4-16-27-25(31)29-17-21(12-15-23(29)20-10-13-22(26)14-11-20)24(30)28-18(2)19-8-6-5-7-9-19/h5-11,13-14,18,21,23H,3-4,12,15-17H2,1-2H3,(H,27,31)(H,28,30)/t18-,21-,23+/m1/s1. The molecule has 0 spiro atoms. The summed E-state index contributed by atoms with van der Waals surface area (Å²) in [5, 5.41) is 6.06. The van der Waals surface area contributed by atoms with Crippen LogP contribution in [0.3, 0.4) is 0 Å². The molecule has 1 heterocycles. The number of carbonyl (C=O) groups excluding carboxylic acids is 2. The third-order valence-electron chi connectivity index (χ3n) is 5.93. The van der Waals surface area contributed by atoms with E-state index in [0.717, 1.165) is 24.0 Å². The van der Waals surface area contributed by atoms with Crippen molar-refractivity contribution in [3.05, 3.63) is 71.5 Å². The number of unbranched alkanes of at least 4 members (excludes halogenated alkanes) is 1. The second-order valence-corrected chi connectivity index (χ2v) is 8.22. The first-order valence-corrected chi connectivity index (χ1v) is 11.1. The Morgan fingerprint density at radius 2 is 1.81 bits per heavy atom. The molecule has 0 unspecified atom stereocenters. The van der Waals surface area contributed by atoms with E-state index in [1.54, 1.807) is 17.0 Å². The van der Waals surface area contributed by atoms with Crippen molar-refractivity contribution >= 4 is 11.9 Å². The first-order chi connectivity index (χ1) is 15.0. The molecule has 1 aliphatic rings. The minimum Gasteiger partial charge on any atom is -0.349 e. The molecule has 1 saturated heterocycles. The molecule has 0 radical (unpaired) electrons. The number of rotatable bonds is 7. The smallest absolute Gasteiger partial charge is 0.317 e. The zero-order chi connectivity index (χ0) is 22.2. The largest absolute Gasteiger partial charge is 0.349 e. The summed E-state index contributed by atoms with van der Waals surface area (Å²) in [6.07, 6.45) is 3.22. The van der Waals surface area contributed by atoms with E-state index in [0.29, 0.717) is 25.9 Å². The lowest BCUT2D eigenvalue weighted by Gasteiger charge is -2.39. The van der Waals surface area contributed by atoms with Crippen LogP contribution in [0.5, 0.6) is 0 Å². The van der Waals surface area contributed by atoms with Gasteiger partial charge in [0.1, 0.15) is 5.82 Å². The molecule has 6 heteroatoms. The normalized spacial score (nSPS) is 19.5. The van der Waals surface area contributed by atoms with Gasteiger partial charge in [0.05, 0.1) is 18.0 Å². The molecule has 0 saturated carbocycles.